The first kappa shape index (κ1) is 16.7. The molecule has 0 bridgehead atoms. The quantitative estimate of drug-likeness (QED) is 0.392. The molecule has 0 saturated heterocycles. The van der Waals surface area contributed by atoms with Gasteiger partial charge in [-0.25, -0.2) is 0 Å². The molecule has 0 unspecified atom stereocenters. The molecule has 0 aliphatic heterocycles. The zero-order chi connectivity index (χ0) is 19.1. The Morgan fingerprint density at radius 3 is 2.32 bits per heavy atom. The van der Waals surface area contributed by atoms with Crippen LogP contribution < -0.4 is 5.32 Å². The number of anilines is 1. The fourth-order valence-electron chi connectivity index (χ4n) is 4.12. The topological polar surface area (TPSA) is 37.2 Å². The van der Waals surface area contributed by atoms with Crippen LogP contribution >= 0.6 is 0 Å². The van der Waals surface area contributed by atoms with E-state index in [2.05, 4.69) is 71.4 Å². The van der Waals surface area contributed by atoms with Crippen molar-refractivity contribution in [2.24, 2.45) is 0 Å². The third kappa shape index (κ3) is 2.67. The number of nitrogens with zero attached hydrogens (tertiary/aromatic N) is 1. The van der Waals surface area contributed by atoms with E-state index in [-0.39, 0.29) is 0 Å². The molecule has 5 rings (SSSR count). The standard InChI is InChI=1S/C25H22N2O/c1-2-27-23-10-6-5-9-21(23)22-15-20(11-12-24(22)27)26-16-19-13-17-7-3-4-8-18(17)14-25(19)28/h3-15,26,28H,2,16H2,1H3. The predicted molar refractivity (Wildman–Crippen MR) is 118 cm³/mol. The van der Waals surface area contributed by atoms with Crippen molar-refractivity contribution < 1.29 is 5.11 Å². The van der Waals surface area contributed by atoms with Gasteiger partial charge in [-0.15, -0.1) is 0 Å². The third-order valence-electron chi connectivity index (χ3n) is 5.52. The van der Waals surface area contributed by atoms with Crippen molar-refractivity contribution in [3.05, 3.63) is 84.4 Å². The zero-order valence-electron chi connectivity index (χ0n) is 15.8. The molecule has 3 nitrogen and oxygen atoms in total. The highest BCUT2D eigenvalue weighted by molar-refractivity contribution is 6.09. The third-order valence-corrected chi connectivity index (χ3v) is 5.52. The van der Waals surface area contributed by atoms with E-state index in [0.29, 0.717) is 12.3 Å². The molecule has 1 aromatic heterocycles. The summed E-state index contributed by atoms with van der Waals surface area (Å²) in [5.74, 6) is 0.329. The molecule has 0 atom stereocenters. The van der Waals surface area contributed by atoms with Crippen molar-refractivity contribution in [1.82, 2.24) is 4.57 Å². The lowest BCUT2D eigenvalue weighted by Crippen LogP contribution is -2.00. The minimum Gasteiger partial charge on any atom is -0.508 e. The number of rotatable bonds is 4. The summed E-state index contributed by atoms with van der Waals surface area (Å²) in [6.45, 7) is 3.71. The van der Waals surface area contributed by atoms with Crippen LogP contribution in [0.2, 0.25) is 0 Å². The van der Waals surface area contributed by atoms with Gasteiger partial charge in [0.15, 0.2) is 0 Å². The Morgan fingerprint density at radius 1 is 0.786 bits per heavy atom. The van der Waals surface area contributed by atoms with Gasteiger partial charge < -0.3 is 15.0 Å². The summed E-state index contributed by atoms with van der Waals surface area (Å²) in [5.41, 5.74) is 4.47. The number of para-hydroxylation sites is 1. The molecule has 138 valence electrons. The molecule has 0 saturated carbocycles. The first-order valence-corrected chi connectivity index (χ1v) is 9.70. The Kier molecular flexibility index (Phi) is 3.94. The van der Waals surface area contributed by atoms with Crippen LogP contribution in [-0.2, 0) is 13.1 Å². The van der Waals surface area contributed by atoms with Crippen LogP contribution in [0.1, 0.15) is 12.5 Å². The van der Waals surface area contributed by atoms with Crippen molar-refractivity contribution >= 4 is 38.3 Å². The second kappa shape index (κ2) is 6.61. The molecule has 0 fully saturated rings. The van der Waals surface area contributed by atoms with Crippen LogP contribution in [0.15, 0.2) is 78.9 Å². The van der Waals surface area contributed by atoms with Crippen LogP contribution in [0.5, 0.6) is 5.75 Å². The molecular weight excluding hydrogens is 344 g/mol. The Hall–Kier alpha value is -3.46. The number of phenolic OH excluding ortho intramolecular Hbond substituents is 1. The van der Waals surface area contributed by atoms with Gasteiger partial charge in [0.1, 0.15) is 5.75 Å². The van der Waals surface area contributed by atoms with E-state index >= 15 is 0 Å². The summed E-state index contributed by atoms with van der Waals surface area (Å²) in [4.78, 5) is 0. The van der Waals surface area contributed by atoms with Crippen molar-refractivity contribution in [2.45, 2.75) is 20.0 Å². The SMILES string of the molecule is CCn1c2ccccc2c2cc(NCc3cc4ccccc4cc3O)ccc21. The van der Waals surface area contributed by atoms with Gasteiger partial charge in [0.05, 0.1) is 0 Å². The largest absolute Gasteiger partial charge is 0.508 e. The first-order chi connectivity index (χ1) is 13.7. The second-order valence-corrected chi connectivity index (χ2v) is 7.17. The molecule has 0 radical (unpaired) electrons. The summed E-state index contributed by atoms with van der Waals surface area (Å²) < 4.78 is 2.35. The smallest absolute Gasteiger partial charge is 0.121 e. The highest BCUT2D eigenvalue weighted by Crippen LogP contribution is 2.31. The van der Waals surface area contributed by atoms with Gasteiger partial charge in [-0.3, -0.25) is 0 Å². The second-order valence-electron chi connectivity index (χ2n) is 7.17. The Labute approximate surface area is 163 Å². The van der Waals surface area contributed by atoms with Crippen LogP contribution in [0.25, 0.3) is 32.6 Å². The molecule has 28 heavy (non-hydrogen) atoms. The Morgan fingerprint density at radius 2 is 1.50 bits per heavy atom. The van der Waals surface area contributed by atoms with Gasteiger partial charge in [-0.2, -0.15) is 0 Å². The predicted octanol–water partition coefficient (Wildman–Crippen LogP) is 6.29. The van der Waals surface area contributed by atoms with E-state index in [1.807, 2.05) is 24.3 Å². The minimum atomic E-state index is 0.329. The van der Waals surface area contributed by atoms with E-state index in [0.717, 1.165) is 28.6 Å². The number of fused-ring (bicyclic) bond motifs is 4. The van der Waals surface area contributed by atoms with Crippen molar-refractivity contribution in [2.75, 3.05) is 5.32 Å². The number of nitrogens with one attached hydrogen (secondary N) is 1. The lowest BCUT2D eigenvalue weighted by Gasteiger charge is -2.10. The van der Waals surface area contributed by atoms with Gasteiger partial charge in [0.2, 0.25) is 0 Å². The molecule has 0 aliphatic rings. The lowest BCUT2D eigenvalue weighted by molar-refractivity contribution is 0.470. The number of benzene rings is 4. The molecule has 0 aliphatic carbocycles. The van der Waals surface area contributed by atoms with Gasteiger partial charge in [0.25, 0.3) is 0 Å². The van der Waals surface area contributed by atoms with Crippen molar-refractivity contribution in [1.29, 1.82) is 0 Å². The fourth-order valence-corrected chi connectivity index (χ4v) is 4.12. The average molecular weight is 366 g/mol. The normalized spacial score (nSPS) is 11.5. The van der Waals surface area contributed by atoms with Gasteiger partial charge >= 0.3 is 0 Å². The van der Waals surface area contributed by atoms with Crippen LogP contribution in [0, 0.1) is 0 Å². The van der Waals surface area contributed by atoms with Gasteiger partial charge in [0, 0.05) is 46.1 Å². The number of phenols is 1. The monoisotopic (exact) mass is 366 g/mol. The molecule has 4 aromatic carbocycles. The number of aromatic hydroxyl groups is 1. The average Bonchev–Trinajstić information content (AvgIpc) is 3.05. The lowest BCUT2D eigenvalue weighted by atomic mass is 10.1. The molecule has 5 aromatic rings. The van der Waals surface area contributed by atoms with E-state index in [4.69, 9.17) is 0 Å². The maximum Gasteiger partial charge on any atom is 0.121 e. The van der Waals surface area contributed by atoms with Crippen molar-refractivity contribution in [3.8, 4) is 5.75 Å². The Balaban J connectivity index is 1.51. The molecule has 1 heterocycles. The molecular formula is C25H22N2O. The summed E-state index contributed by atoms with van der Waals surface area (Å²) in [6, 6.07) is 27.0. The molecule has 0 spiro atoms. The number of hydrogen-bond donors (Lipinski definition) is 2. The summed E-state index contributed by atoms with van der Waals surface area (Å²) >= 11 is 0. The maximum atomic E-state index is 10.4. The van der Waals surface area contributed by atoms with Crippen LogP contribution in [0.4, 0.5) is 5.69 Å². The highest BCUT2D eigenvalue weighted by Gasteiger charge is 2.10. The fraction of sp³-hybridized carbons (Fsp3) is 0.120. The van der Waals surface area contributed by atoms with Gasteiger partial charge in [-0.05, 0) is 54.1 Å². The van der Waals surface area contributed by atoms with Crippen LogP contribution in [0.3, 0.4) is 0 Å². The zero-order valence-corrected chi connectivity index (χ0v) is 15.8. The summed E-state index contributed by atoms with van der Waals surface area (Å²) in [6.07, 6.45) is 0. The maximum absolute atomic E-state index is 10.4. The molecule has 0 amide bonds. The highest BCUT2D eigenvalue weighted by atomic mass is 16.3. The Bertz CT molecular complexity index is 1320. The number of hydrogen-bond acceptors (Lipinski definition) is 2. The van der Waals surface area contributed by atoms with Crippen LogP contribution in [-0.4, -0.2) is 9.67 Å². The summed E-state index contributed by atoms with van der Waals surface area (Å²) in [5, 5.41) is 18.6. The number of aryl methyl sites for hydroxylation is 1. The van der Waals surface area contributed by atoms with Crippen molar-refractivity contribution in [3.63, 3.8) is 0 Å². The van der Waals surface area contributed by atoms with E-state index < -0.39 is 0 Å². The van der Waals surface area contributed by atoms with Gasteiger partial charge in [-0.1, -0.05) is 42.5 Å². The minimum absolute atomic E-state index is 0.329. The van der Waals surface area contributed by atoms with E-state index in [1.165, 1.54) is 21.8 Å². The first-order valence-electron chi connectivity index (χ1n) is 9.70. The summed E-state index contributed by atoms with van der Waals surface area (Å²) in [7, 11) is 0. The van der Waals surface area contributed by atoms with E-state index in [1.54, 1.807) is 0 Å². The molecule has 3 heteroatoms. The van der Waals surface area contributed by atoms with E-state index in [9.17, 15) is 5.11 Å². The molecule has 2 N–H and O–H groups in total. The number of aromatic nitrogens is 1.